The number of hydrogen-bond donors (Lipinski definition) is 1. The number of benzene rings is 1. The lowest BCUT2D eigenvalue weighted by molar-refractivity contribution is -0.121. The van der Waals surface area contributed by atoms with Crippen molar-refractivity contribution in [3.63, 3.8) is 0 Å². The maximum Gasteiger partial charge on any atom is 0.259 e. The van der Waals surface area contributed by atoms with Crippen LogP contribution in [0.2, 0.25) is 0 Å². The molecule has 1 saturated heterocycles. The van der Waals surface area contributed by atoms with E-state index in [0.29, 0.717) is 36.4 Å². The molecule has 2 amide bonds. The summed E-state index contributed by atoms with van der Waals surface area (Å²) in [6, 6.07) is 7.69. The van der Waals surface area contributed by atoms with Crippen LogP contribution in [0.5, 0.6) is 0 Å². The van der Waals surface area contributed by atoms with Gasteiger partial charge < -0.3 is 14.7 Å². The molecule has 1 spiro atoms. The highest BCUT2D eigenvalue weighted by atomic mass is 16.5. The lowest BCUT2D eigenvalue weighted by atomic mass is 9.73. The minimum Gasteiger partial charge on any atom is -0.361 e. The summed E-state index contributed by atoms with van der Waals surface area (Å²) in [7, 11) is 0. The number of anilines is 1. The van der Waals surface area contributed by atoms with E-state index in [4.69, 9.17) is 4.52 Å². The highest BCUT2D eigenvalue weighted by Crippen LogP contribution is 2.49. The SMILES string of the molecule is CCC[C@@H]1N(C(=O)c2c(CC)noc2C)CC[C@]12C(=O)Nc1ccccc12. The molecule has 6 nitrogen and oxygen atoms in total. The summed E-state index contributed by atoms with van der Waals surface area (Å²) in [6.07, 6.45) is 2.95. The molecule has 1 aromatic heterocycles. The quantitative estimate of drug-likeness (QED) is 0.898. The fraction of sp³-hybridized carbons (Fsp3) is 0.476. The molecule has 3 heterocycles. The van der Waals surface area contributed by atoms with Gasteiger partial charge in [-0.1, -0.05) is 43.6 Å². The van der Waals surface area contributed by atoms with Crippen LogP contribution in [-0.4, -0.2) is 34.5 Å². The Morgan fingerprint density at radius 2 is 2.15 bits per heavy atom. The molecule has 2 atom stereocenters. The van der Waals surface area contributed by atoms with Crippen molar-refractivity contribution in [2.75, 3.05) is 11.9 Å². The normalized spacial score (nSPS) is 23.7. The van der Waals surface area contributed by atoms with E-state index in [0.717, 1.165) is 24.1 Å². The standard InChI is InChI=1S/C21H25N3O3/c1-4-8-17-21(14-9-6-7-10-16(14)22-20(21)26)11-12-24(17)19(25)18-13(3)27-23-15(18)5-2/h6-7,9-10,17H,4-5,8,11-12H2,1-3H3,(H,22,26)/t17-,21+/m0/s1. The first-order valence-electron chi connectivity index (χ1n) is 9.71. The van der Waals surface area contributed by atoms with Crippen LogP contribution in [0, 0.1) is 6.92 Å². The number of fused-ring (bicyclic) bond motifs is 2. The number of aryl methyl sites for hydroxylation is 2. The summed E-state index contributed by atoms with van der Waals surface area (Å²) < 4.78 is 5.28. The molecular weight excluding hydrogens is 342 g/mol. The van der Waals surface area contributed by atoms with E-state index in [1.54, 1.807) is 6.92 Å². The Bertz CT molecular complexity index is 904. The number of para-hydroxylation sites is 1. The van der Waals surface area contributed by atoms with Crippen molar-refractivity contribution >= 4 is 17.5 Å². The molecule has 0 bridgehead atoms. The molecule has 2 aliphatic heterocycles. The Morgan fingerprint density at radius 1 is 1.37 bits per heavy atom. The highest BCUT2D eigenvalue weighted by molar-refractivity contribution is 6.08. The number of likely N-dealkylation sites (tertiary alicyclic amines) is 1. The Labute approximate surface area is 158 Å². The maximum atomic E-state index is 13.4. The summed E-state index contributed by atoms with van der Waals surface area (Å²) in [4.78, 5) is 28.4. The number of aromatic nitrogens is 1. The minimum atomic E-state index is -0.667. The second-order valence-corrected chi connectivity index (χ2v) is 7.44. The fourth-order valence-electron chi connectivity index (χ4n) is 4.80. The summed E-state index contributed by atoms with van der Waals surface area (Å²) in [6.45, 7) is 6.38. The molecule has 27 heavy (non-hydrogen) atoms. The molecule has 1 fully saturated rings. The monoisotopic (exact) mass is 367 g/mol. The van der Waals surface area contributed by atoms with Gasteiger partial charge in [-0.15, -0.1) is 0 Å². The van der Waals surface area contributed by atoms with E-state index in [9.17, 15) is 9.59 Å². The number of hydrogen-bond acceptors (Lipinski definition) is 4. The number of carbonyl (C=O) groups excluding carboxylic acids is 2. The van der Waals surface area contributed by atoms with Crippen LogP contribution < -0.4 is 5.32 Å². The zero-order chi connectivity index (χ0) is 19.2. The third-order valence-electron chi connectivity index (χ3n) is 6.06. The Balaban J connectivity index is 1.78. The highest BCUT2D eigenvalue weighted by Gasteiger charge is 2.58. The van der Waals surface area contributed by atoms with Crippen LogP contribution in [0.1, 0.15) is 60.5 Å². The van der Waals surface area contributed by atoms with Crippen molar-refractivity contribution in [3.05, 3.63) is 46.8 Å². The van der Waals surface area contributed by atoms with Gasteiger partial charge in [0.05, 0.1) is 17.2 Å². The lowest BCUT2D eigenvalue weighted by Crippen LogP contribution is -2.48. The third kappa shape index (κ3) is 2.42. The zero-order valence-corrected chi connectivity index (χ0v) is 16.0. The number of amides is 2. The molecule has 1 N–H and O–H groups in total. The second-order valence-electron chi connectivity index (χ2n) is 7.44. The number of nitrogens with zero attached hydrogens (tertiary/aromatic N) is 2. The van der Waals surface area contributed by atoms with Crippen molar-refractivity contribution in [2.24, 2.45) is 0 Å². The van der Waals surface area contributed by atoms with Gasteiger partial charge in [-0.05, 0) is 37.8 Å². The number of carbonyl (C=O) groups is 2. The predicted octanol–water partition coefficient (Wildman–Crippen LogP) is 3.45. The molecule has 2 aliphatic rings. The average molecular weight is 367 g/mol. The summed E-state index contributed by atoms with van der Waals surface area (Å²) in [5.74, 6) is 0.484. The Morgan fingerprint density at radius 3 is 2.89 bits per heavy atom. The Kier molecular flexibility index (Phi) is 4.29. The maximum absolute atomic E-state index is 13.4. The molecule has 0 radical (unpaired) electrons. The molecule has 142 valence electrons. The van der Waals surface area contributed by atoms with Gasteiger partial charge >= 0.3 is 0 Å². The molecule has 0 aliphatic carbocycles. The smallest absolute Gasteiger partial charge is 0.259 e. The predicted molar refractivity (Wildman–Crippen MR) is 102 cm³/mol. The van der Waals surface area contributed by atoms with Gasteiger partial charge in [-0.25, -0.2) is 0 Å². The minimum absolute atomic E-state index is 0.00945. The summed E-state index contributed by atoms with van der Waals surface area (Å²) >= 11 is 0. The van der Waals surface area contributed by atoms with E-state index in [1.165, 1.54) is 0 Å². The van der Waals surface area contributed by atoms with Crippen molar-refractivity contribution in [3.8, 4) is 0 Å². The molecule has 4 rings (SSSR count). The van der Waals surface area contributed by atoms with Crippen molar-refractivity contribution in [1.29, 1.82) is 0 Å². The van der Waals surface area contributed by atoms with Gasteiger partial charge in [0.15, 0.2) is 0 Å². The van der Waals surface area contributed by atoms with Gasteiger partial charge in [0.25, 0.3) is 5.91 Å². The molecule has 1 aromatic carbocycles. The van der Waals surface area contributed by atoms with E-state index in [-0.39, 0.29) is 17.9 Å². The summed E-state index contributed by atoms with van der Waals surface area (Å²) in [5.41, 5.74) is 2.46. The molecular formula is C21H25N3O3. The average Bonchev–Trinajstić information content (AvgIpc) is 3.31. The van der Waals surface area contributed by atoms with E-state index < -0.39 is 5.41 Å². The van der Waals surface area contributed by atoms with E-state index in [1.807, 2.05) is 36.1 Å². The number of nitrogens with one attached hydrogen (secondary N) is 1. The largest absolute Gasteiger partial charge is 0.361 e. The third-order valence-corrected chi connectivity index (χ3v) is 6.06. The van der Waals surface area contributed by atoms with Gasteiger partial charge in [-0.3, -0.25) is 9.59 Å². The van der Waals surface area contributed by atoms with Crippen molar-refractivity contribution in [1.82, 2.24) is 10.1 Å². The van der Waals surface area contributed by atoms with E-state index >= 15 is 0 Å². The van der Waals surface area contributed by atoms with E-state index in [2.05, 4.69) is 17.4 Å². The fourth-order valence-corrected chi connectivity index (χ4v) is 4.80. The van der Waals surface area contributed by atoms with Crippen molar-refractivity contribution < 1.29 is 14.1 Å². The summed E-state index contributed by atoms with van der Waals surface area (Å²) in [5, 5.41) is 7.07. The lowest BCUT2D eigenvalue weighted by Gasteiger charge is -2.34. The van der Waals surface area contributed by atoms with Gasteiger partial charge in [0.2, 0.25) is 5.91 Å². The van der Waals surface area contributed by atoms with Crippen molar-refractivity contribution in [2.45, 2.75) is 57.9 Å². The molecule has 2 aromatic rings. The van der Waals surface area contributed by atoms with Crippen LogP contribution in [-0.2, 0) is 16.6 Å². The molecule has 0 saturated carbocycles. The van der Waals surface area contributed by atoms with Crippen LogP contribution >= 0.6 is 0 Å². The van der Waals surface area contributed by atoms with Gasteiger partial charge in [0, 0.05) is 12.2 Å². The topological polar surface area (TPSA) is 75.4 Å². The zero-order valence-electron chi connectivity index (χ0n) is 16.0. The van der Waals surface area contributed by atoms with Crippen LogP contribution in [0.25, 0.3) is 0 Å². The second kappa shape index (κ2) is 6.51. The van der Waals surface area contributed by atoms with Crippen LogP contribution in [0.4, 0.5) is 5.69 Å². The van der Waals surface area contributed by atoms with Crippen LogP contribution in [0.15, 0.2) is 28.8 Å². The number of rotatable bonds is 4. The molecule has 6 heteroatoms. The first-order valence-corrected chi connectivity index (χ1v) is 9.71. The molecule has 0 unspecified atom stereocenters. The Hall–Kier alpha value is -2.63. The van der Waals surface area contributed by atoms with Gasteiger partial charge in [0.1, 0.15) is 11.3 Å². The first kappa shape index (κ1) is 17.8. The van der Waals surface area contributed by atoms with Gasteiger partial charge in [-0.2, -0.15) is 0 Å². The first-order chi connectivity index (χ1) is 13.0. The van der Waals surface area contributed by atoms with Crippen LogP contribution in [0.3, 0.4) is 0 Å².